The van der Waals surface area contributed by atoms with Gasteiger partial charge in [-0.25, -0.2) is 4.39 Å². The number of anilines is 1. The highest BCUT2D eigenvalue weighted by Crippen LogP contribution is 2.24. The molecule has 2 heterocycles. The van der Waals surface area contributed by atoms with Crippen molar-refractivity contribution in [1.29, 1.82) is 0 Å². The molecule has 0 bridgehead atoms. The Morgan fingerprint density at radius 3 is 2.55 bits per heavy atom. The third kappa shape index (κ3) is 4.02. The van der Waals surface area contributed by atoms with Crippen LogP contribution in [0.4, 0.5) is 10.2 Å². The molecule has 0 fully saturated rings. The van der Waals surface area contributed by atoms with Gasteiger partial charge in [0.15, 0.2) is 5.82 Å². The number of aromatic nitrogens is 2. The maximum Gasteiger partial charge on any atom is 0.256 e. The summed E-state index contributed by atoms with van der Waals surface area (Å²) < 4.78 is 13.0. The number of hydrogen-bond donors (Lipinski definition) is 3. The largest absolute Gasteiger partial charge is 0.345 e. The number of benzene rings is 2. The summed E-state index contributed by atoms with van der Waals surface area (Å²) in [5.41, 5.74) is 1.45. The summed E-state index contributed by atoms with van der Waals surface area (Å²) in [6, 6.07) is 14.1. The molecule has 0 radical (unpaired) electrons. The fourth-order valence-electron chi connectivity index (χ4n) is 2.92. The Hall–Kier alpha value is -3.52. The van der Waals surface area contributed by atoms with E-state index in [1.165, 1.54) is 24.3 Å². The molecule has 0 saturated carbocycles. The second kappa shape index (κ2) is 7.84. The van der Waals surface area contributed by atoms with Gasteiger partial charge in [-0.05, 0) is 60.8 Å². The van der Waals surface area contributed by atoms with Gasteiger partial charge in [-0.1, -0.05) is 6.07 Å². The molecular formula is C21H17FN4O2S. The Labute approximate surface area is 169 Å². The van der Waals surface area contributed by atoms with Crippen molar-refractivity contribution in [1.82, 2.24) is 15.5 Å². The Kier molecular flexibility index (Phi) is 5.09. The van der Waals surface area contributed by atoms with Gasteiger partial charge in [-0.15, -0.1) is 11.3 Å². The number of hydrogen-bond acceptors (Lipinski definition) is 4. The Bertz CT molecular complexity index is 1170. The van der Waals surface area contributed by atoms with E-state index in [4.69, 9.17) is 0 Å². The highest BCUT2D eigenvalue weighted by atomic mass is 32.1. The molecule has 146 valence electrons. The summed E-state index contributed by atoms with van der Waals surface area (Å²) in [5.74, 6) is -0.751. The van der Waals surface area contributed by atoms with Crippen LogP contribution in [0.15, 0.2) is 60.0 Å². The number of H-pyrrole nitrogens is 1. The number of carbonyl (C=O) groups is 2. The van der Waals surface area contributed by atoms with Gasteiger partial charge in [-0.2, -0.15) is 5.10 Å². The lowest BCUT2D eigenvalue weighted by molar-refractivity contribution is 0.0940. The molecule has 4 aromatic rings. The monoisotopic (exact) mass is 408 g/mol. The maximum absolute atomic E-state index is 13.0. The van der Waals surface area contributed by atoms with E-state index >= 15 is 0 Å². The van der Waals surface area contributed by atoms with Gasteiger partial charge in [0.2, 0.25) is 0 Å². The first-order valence-electron chi connectivity index (χ1n) is 8.90. The van der Waals surface area contributed by atoms with Gasteiger partial charge in [0.1, 0.15) is 5.82 Å². The fraction of sp³-hybridized carbons (Fsp3) is 0.0952. The lowest BCUT2D eigenvalue weighted by Crippen LogP contribution is -2.26. The molecule has 0 aliphatic rings. The molecule has 8 heteroatoms. The Morgan fingerprint density at radius 2 is 1.83 bits per heavy atom. The van der Waals surface area contributed by atoms with Crippen molar-refractivity contribution < 1.29 is 14.0 Å². The molecule has 0 aliphatic carbocycles. The summed E-state index contributed by atoms with van der Waals surface area (Å²) in [7, 11) is 0. The molecule has 2 aromatic heterocycles. The average molecular weight is 408 g/mol. The summed E-state index contributed by atoms with van der Waals surface area (Å²) in [6.07, 6.45) is 0. The van der Waals surface area contributed by atoms with E-state index in [9.17, 15) is 14.0 Å². The van der Waals surface area contributed by atoms with Crippen LogP contribution in [0.3, 0.4) is 0 Å². The number of halogens is 1. The molecule has 1 unspecified atom stereocenters. The maximum atomic E-state index is 13.0. The number of rotatable bonds is 5. The summed E-state index contributed by atoms with van der Waals surface area (Å²) >= 11 is 1.58. The van der Waals surface area contributed by atoms with E-state index in [2.05, 4.69) is 20.8 Å². The van der Waals surface area contributed by atoms with Crippen LogP contribution in [0.1, 0.15) is 38.6 Å². The number of amides is 2. The predicted molar refractivity (Wildman–Crippen MR) is 111 cm³/mol. The predicted octanol–water partition coefficient (Wildman–Crippen LogP) is 4.51. The Morgan fingerprint density at radius 1 is 1.07 bits per heavy atom. The van der Waals surface area contributed by atoms with Crippen LogP contribution in [0.2, 0.25) is 0 Å². The highest BCUT2D eigenvalue weighted by molar-refractivity contribution is 7.10. The lowest BCUT2D eigenvalue weighted by atomic mass is 10.1. The first-order chi connectivity index (χ1) is 14.0. The summed E-state index contributed by atoms with van der Waals surface area (Å²) in [6.45, 7) is 1.93. The number of aromatic amines is 1. The molecule has 0 saturated heterocycles. The normalized spacial score (nSPS) is 11.9. The van der Waals surface area contributed by atoms with Crippen molar-refractivity contribution in [3.8, 4) is 0 Å². The van der Waals surface area contributed by atoms with E-state index < -0.39 is 11.7 Å². The zero-order valence-corrected chi connectivity index (χ0v) is 16.2. The van der Waals surface area contributed by atoms with Crippen molar-refractivity contribution in [2.45, 2.75) is 13.0 Å². The van der Waals surface area contributed by atoms with Crippen molar-refractivity contribution >= 4 is 39.9 Å². The number of fused-ring (bicyclic) bond motifs is 1. The standard InChI is InChI=1S/C21H17FN4O2S/c1-12(18-3-2-10-29-18)23-21(28)14-6-9-17-16(11-14)19(26-25-17)24-20(27)13-4-7-15(22)8-5-13/h2-12H,1H3,(H,23,28)(H2,24,25,26,27). The smallest absolute Gasteiger partial charge is 0.256 e. The van der Waals surface area contributed by atoms with Gasteiger partial charge < -0.3 is 10.6 Å². The minimum atomic E-state index is -0.417. The minimum absolute atomic E-state index is 0.111. The zero-order chi connectivity index (χ0) is 20.4. The first kappa shape index (κ1) is 18.8. The fourth-order valence-corrected chi connectivity index (χ4v) is 3.65. The molecule has 2 aromatic carbocycles. The molecule has 29 heavy (non-hydrogen) atoms. The molecule has 0 spiro atoms. The van der Waals surface area contributed by atoms with E-state index in [0.717, 1.165) is 4.88 Å². The van der Waals surface area contributed by atoms with Crippen molar-refractivity contribution in [3.63, 3.8) is 0 Å². The molecular weight excluding hydrogens is 391 g/mol. The molecule has 1 atom stereocenters. The minimum Gasteiger partial charge on any atom is -0.345 e. The topological polar surface area (TPSA) is 86.9 Å². The lowest BCUT2D eigenvalue weighted by Gasteiger charge is -2.12. The van der Waals surface area contributed by atoms with Gasteiger partial charge in [0.05, 0.1) is 11.6 Å². The summed E-state index contributed by atoms with van der Waals surface area (Å²) in [5, 5.41) is 15.2. The molecule has 4 rings (SSSR count). The molecule has 6 nitrogen and oxygen atoms in total. The van der Waals surface area contributed by atoms with E-state index in [0.29, 0.717) is 27.8 Å². The third-order valence-electron chi connectivity index (χ3n) is 4.48. The van der Waals surface area contributed by atoms with Gasteiger partial charge in [0, 0.05) is 21.4 Å². The van der Waals surface area contributed by atoms with Crippen LogP contribution < -0.4 is 10.6 Å². The number of nitrogens with one attached hydrogen (secondary N) is 3. The van der Waals surface area contributed by atoms with Crippen LogP contribution in [0, 0.1) is 5.82 Å². The van der Waals surface area contributed by atoms with Gasteiger partial charge in [-0.3, -0.25) is 14.7 Å². The third-order valence-corrected chi connectivity index (χ3v) is 5.54. The van der Waals surface area contributed by atoms with Crippen LogP contribution in [-0.2, 0) is 0 Å². The molecule has 3 N–H and O–H groups in total. The van der Waals surface area contributed by atoms with Crippen LogP contribution >= 0.6 is 11.3 Å². The zero-order valence-electron chi connectivity index (χ0n) is 15.4. The quantitative estimate of drug-likeness (QED) is 0.454. The number of carbonyl (C=O) groups excluding carboxylic acids is 2. The van der Waals surface area contributed by atoms with Gasteiger partial charge >= 0.3 is 0 Å². The van der Waals surface area contributed by atoms with Crippen molar-refractivity contribution in [2.75, 3.05) is 5.32 Å². The van der Waals surface area contributed by atoms with E-state index in [-0.39, 0.29) is 11.9 Å². The van der Waals surface area contributed by atoms with E-state index in [1.54, 1.807) is 29.5 Å². The van der Waals surface area contributed by atoms with Crippen molar-refractivity contribution in [3.05, 3.63) is 81.8 Å². The average Bonchev–Trinajstić information content (AvgIpc) is 3.38. The second-order valence-electron chi connectivity index (χ2n) is 6.50. The van der Waals surface area contributed by atoms with Gasteiger partial charge in [0.25, 0.3) is 11.8 Å². The number of nitrogens with zero attached hydrogens (tertiary/aromatic N) is 1. The van der Waals surface area contributed by atoms with Crippen molar-refractivity contribution in [2.24, 2.45) is 0 Å². The SMILES string of the molecule is CC(NC(=O)c1ccc2[nH]nc(NC(=O)c3ccc(F)cc3)c2c1)c1cccs1. The molecule has 0 aliphatic heterocycles. The highest BCUT2D eigenvalue weighted by Gasteiger charge is 2.16. The van der Waals surface area contributed by atoms with E-state index in [1.807, 2.05) is 24.4 Å². The summed E-state index contributed by atoms with van der Waals surface area (Å²) in [4.78, 5) is 26.1. The molecule has 2 amide bonds. The van der Waals surface area contributed by atoms with Crippen LogP contribution in [0.25, 0.3) is 10.9 Å². The Balaban J connectivity index is 1.55. The van der Waals surface area contributed by atoms with Crippen LogP contribution in [-0.4, -0.2) is 22.0 Å². The first-order valence-corrected chi connectivity index (χ1v) is 9.78. The van der Waals surface area contributed by atoms with Crippen LogP contribution in [0.5, 0.6) is 0 Å². The number of thiophene rings is 1. The second-order valence-corrected chi connectivity index (χ2v) is 7.48.